The van der Waals surface area contributed by atoms with Gasteiger partial charge in [-0.1, -0.05) is 44.2 Å². The molecule has 2 aromatic rings. The quantitative estimate of drug-likeness (QED) is 0.550. The molecule has 1 atom stereocenters. The van der Waals surface area contributed by atoms with Crippen molar-refractivity contribution < 1.29 is 41.8 Å². The molecule has 0 fully saturated rings. The lowest BCUT2D eigenvalue weighted by molar-refractivity contribution is -0.274. The van der Waals surface area contributed by atoms with E-state index >= 15 is 0 Å². The number of fused-ring (bicyclic) bond motifs is 1. The summed E-state index contributed by atoms with van der Waals surface area (Å²) < 4.78 is 51.8. The fourth-order valence-corrected chi connectivity index (χ4v) is 3.56. The Bertz CT molecular complexity index is 1040. The summed E-state index contributed by atoms with van der Waals surface area (Å²) in [7, 11) is 0. The van der Waals surface area contributed by atoms with Crippen LogP contribution in [-0.2, 0) is 32.2 Å². The number of carbonyl (C=O) groups excluding carboxylic acids is 3. The van der Waals surface area contributed by atoms with E-state index in [2.05, 4.69) is 15.4 Å². The molecule has 1 heterocycles. The third kappa shape index (κ3) is 10.5. The Labute approximate surface area is 219 Å². The topological polar surface area (TPSA) is 103 Å². The maximum Gasteiger partial charge on any atom is 0.573 e. The fourth-order valence-electron chi connectivity index (χ4n) is 3.56. The second-order valence-corrected chi connectivity index (χ2v) is 8.08. The predicted octanol–water partition coefficient (Wildman–Crippen LogP) is 4.31. The van der Waals surface area contributed by atoms with Crippen LogP contribution in [0.5, 0.6) is 5.75 Å². The molecular weight excluding hydrogens is 505 g/mol. The van der Waals surface area contributed by atoms with E-state index < -0.39 is 35.8 Å². The summed E-state index contributed by atoms with van der Waals surface area (Å²) in [6, 6.07) is 10.7. The van der Waals surface area contributed by atoms with E-state index in [9.17, 15) is 27.6 Å². The summed E-state index contributed by atoms with van der Waals surface area (Å²) in [5, 5.41) is 5.12. The van der Waals surface area contributed by atoms with Crippen molar-refractivity contribution >= 4 is 17.6 Å². The average Bonchev–Trinajstić information content (AvgIpc) is 2.90. The van der Waals surface area contributed by atoms with Crippen LogP contribution >= 0.6 is 0 Å². The van der Waals surface area contributed by atoms with Crippen molar-refractivity contribution in [3.8, 4) is 5.75 Å². The van der Waals surface area contributed by atoms with Gasteiger partial charge in [-0.15, -0.1) is 13.2 Å². The van der Waals surface area contributed by atoms with Gasteiger partial charge < -0.3 is 24.8 Å². The van der Waals surface area contributed by atoms with E-state index in [1.54, 1.807) is 24.3 Å². The van der Waals surface area contributed by atoms with Crippen molar-refractivity contribution in [3.63, 3.8) is 0 Å². The molecule has 1 aliphatic rings. The van der Waals surface area contributed by atoms with Crippen molar-refractivity contribution in [1.82, 2.24) is 10.6 Å². The summed E-state index contributed by atoms with van der Waals surface area (Å²) in [6.07, 6.45) is -3.40. The Hall–Kier alpha value is -3.44. The van der Waals surface area contributed by atoms with Crippen LogP contribution in [0.2, 0.25) is 0 Å². The van der Waals surface area contributed by atoms with Crippen LogP contribution in [0, 0.1) is 0 Å². The second kappa shape index (κ2) is 15.7. The highest BCUT2D eigenvalue weighted by molar-refractivity contribution is 6.38. The summed E-state index contributed by atoms with van der Waals surface area (Å²) in [4.78, 5) is 38.4. The molecule has 11 heteroatoms. The van der Waals surface area contributed by atoms with Crippen LogP contribution in [0.4, 0.5) is 13.2 Å². The Kier molecular flexibility index (Phi) is 12.7. The molecule has 0 aliphatic carbocycles. The number of ether oxygens (including phenoxy) is 3. The predicted molar refractivity (Wildman–Crippen MR) is 133 cm³/mol. The molecule has 0 aromatic heterocycles. The summed E-state index contributed by atoms with van der Waals surface area (Å²) in [5.74, 6) is -2.62. The third-order valence-electron chi connectivity index (χ3n) is 5.38. The number of nitrogens with one attached hydrogen (secondary N) is 2. The minimum absolute atomic E-state index is 0.0917. The van der Waals surface area contributed by atoms with Gasteiger partial charge in [-0.05, 0) is 48.6 Å². The number of carbonyl (C=O) groups is 3. The highest BCUT2D eigenvalue weighted by Crippen LogP contribution is 2.22. The van der Waals surface area contributed by atoms with E-state index in [0.29, 0.717) is 49.4 Å². The molecule has 38 heavy (non-hydrogen) atoms. The molecular formula is C27H33F3N2O6. The van der Waals surface area contributed by atoms with E-state index in [1.165, 1.54) is 12.1 Å². The Morgan fingerprint density at radius 1 is 1.00 bits per heavy atom. The van der Waals surface area contributed by atoms with Crippen LogP contribution in [0.3, 0.4) is 0 Å². The first-order chi connectivity index (χ1) is 18.2. The molecule has 0 radical (unpaired) electrons. The maximum atomic E-state index is 13.0. The van der Waals surface area contributed by atoms with E-state index in [-0.39, 0.29) is 19.6 Å². The standard InChI is InChI=1S/C25H27F3N2O6.C2H6/c26-25(27,28)36-19-10-8-17(9-11-19)15-29-24(33)22(31)21-7-3-4-12-34-13-14-35-16-18-5-1-2-6-20(18)23(32)30-21;1-2/h1-2,5-6,8-11,21H,3-4,7,12-16H2,(H,29,33)(H,30,32);1-2H3. The van der Waals surface area contributed by atoms with Gasteiger partial charge in [-0.3, -0.25) is 14.4 Å². The van der Waals surface area contributed by atoms with Gasteiger partial charge in [0.05, 0.1) is 25.9 Å². The zero-order valence-corrected chi connectivity index (χ0v) is 21.4. The molecule has 2 amide bonds. The molecule has 1 aliphatic heterocycles. The summed E-state index contributed by atoms with van der Waals surface area (Å²) in [6.45, 7) is 5.34. The first-order valence-electron chi connectivity index (χ1n) is 12.4. The van der Waals surface area contributed by atoms with E-state index in [1.807, 2.05) is 13.8 Å². The Morgan fingerprint density at radius 2 is 1.68 bits per heavy atom. The summed E-state index contributed by atoms with van der Waals surface area (Å²) >= 11 is 0. The number of amides is 2. The Morgan fingerprint density at radius 3 is 2.39 bits per heavy atom. The van der Waals surface area contributed by atoms with Crippen molar-refractivity contribution in [1.29, 1.82) is 0 Å². The molecule has 208 valence electrons. The molecule has 0 spiro atoms. The SMILES string of the molecule is CC.O=C(NCc1ccc(OC(F)(F)F)cc1)C(=O)C1CCCCOCCOCc2ccccc2C(=O)N1. The lowest BCUT2D eigenvalue weighted by atomic mass is 10.0. The summed E-state index contributed by atoms with van der Waals surface area (Å²) in [5.41, 5.74) is 1.45. The zero-order valence-electron chi connectivity index (χ0n) is 21.4. The number of hydrogen-bond donors (Lipinski definition) is 2. The monoisotopic (exact) mass is 538 g/mol. The molecule has 2 aromatic carbocycles. The zero-order chi connectivity index (χ0) is 28.0. The number of Topliss-reactive ketones (excluding diaryl/α,β-unsaturated/α-hetero) is 1. The van der Waals surface area contributed by atoms with Crippen LogP contribution < -0.4 is 15.4 Å². The molecule has 0 bridgehead atoms. The second-order valence-electron chi connectivity index (χ2n) is 8.08. The number of halogens is 3. The van der Waals surface area contributed by atoms with Crippen LogP contribution in [0.1, 0.15) is 54.6 Å². The van der Waals surface area contributed by atoms with Crippen LogP contribution in [0.25, 0.3) is 0 Å². The normalized spacial score (nSPS) is 17.0. The lowest BCUT2D eigenvalue weighted by Crippen LogP contribution is -2.47. The first-order valence-corrected chi connectivity index (χ1v) is 12.4. The van der Waals surface area contributed by atoms with Crippen molar-refractivity contribution in [2.24, 2.45) is 0 Å². The molecule has 0 saturated carbocycles. The minimum atomic E-state index is -4.81. The largest absolute Gasteiger partial charge is 0.573 e. The van der Waals surface area contributed by atoms with Crippen molar-refractivity contribution in [2.45, 2.75) is 58.7 Å². The van der Waals surface area contributed by atoms with Gasteiger partial charge in [0.2, 0.25) is 5.78 Å². The maximum absolute atomic E-state index is 13.0. The molecule has 1 unspecified atom stereocenters. The van der Waals surface area contributed by atoms with E-state index in [0.717, 1.165) is 12.1 Å². The molecule has 2 N–H and O–H groups in total. The number of benzene rings is 2. The number of hydrogen-bond acceptors (Lipinski definition) is 6. The fraction of sp³-hybridized carbons (Fsp3) is 0.444. The lowest BCUT2D eigenvalue weighted by Gasteiger charge is -2.19. The molecule has 3 rings (SSSR count). The van der Waals surface area contributed by atoms with Crippen molar-refractivity contribution in [3.05, 3.63) is 65.2 Å². The number of ketones is 1. The van der Waals surface area contributed by atoms with Crippen LogP contribution in [-0.4, -0.2) is 49.8 Å². The van der Waals surface area contributed by atoms with Crippen LogP contribution in [0.15, 0.2) is 48.5 Å². The first kappa shape index (κ1) is 30.8. The highest BCUT2D eigenvalue weighted by atomic mass is 19.4. The molecule has 8 nitrogen and oxygen atoms in total. The minimum Gasteiger partial charge on any atom is -0.406 e. The van der Waals surface area contributed by atoms with Crippen molar-refractivity contribution in [2.75, 3.05) is 19.8 Å². The highest BCUT2D eigenvalue weighted by Gasteiger charge is 2.31. The van der Waals surface area contributed by atoms with Gasteiger partial charge in [0.1, 0.15) is 5.75 Å². The van der Waals surface area contributed by atoms with E-state index in [4.69, 9.17) is 9.47 Å². The van der Waals surface area contributed by atoms with Gasteiger partial charge in [0, 0.05) is 18.7 Å². The molecule has 0 saturated heterocycles. The third-order valence-corrected chi connectivity index (χ3v) is 5.38. The van der Waals surface area contributed by atoms with Gasteiger partial charge in [-0.25, -0.2) is 0 Å². The van der Waals surface area contributed by atoms with Gasteiger partial charge in [-0.2, -0.15) is 0 Å². The smallest absolute Gasteiger partial charge is 0.406 e. The number of rotatable bonds is 5. The average molecular weight is 539 g/mol. The van der Waals surface area contributed by atoms with Gasteiger partial charge in [0.15, 0.2) is 0 Å². The van der Waals surface area contributed by atoms with Gasteiger partial charge >= 0.3 is 6.36 Å². The van der Waals surface area contributed by atoms with Gasteiger partial charge in [0.25, 0.3) is 11.8 Å². The Balaban J connectivity index is 0.00000247. The number of alkyl halides is 3.